The maximum Gasteiger partial charge on any atom is 0.414 e. The van der Waals surface area contributed by atoms with Crippen molar-refractivity contribution in [3.63, 3.8) is 0 Å². The molecule has 0 saturated heterocycles. The Bertz CT molecular complexity index is 611. The van der Waals surface area contributed by atoms with Crippen LogP contribution in [0.2, 0.25) is 0 Å². The molecule has 2 N–H and O–H groups in total. The summed E-state index contributed by atoms with van der Waals surface area (Å²) in [6, 6.07) is 4.01. The molecule has 21 heavy (non-hydrogen) atoms. The first-order valence-electron chi connectivity index (χ1n) is 6.25. The van der Waals surface area contributed by atoms with Crippen molar-refractivity contribution in [3.8, 4) is 0 Å². The topological polar surface area (TPSA) is 95.9 Å². The van der Waals surface area contributed by atoms with Crippen LogP contribution in [0.3, 0.4) is 0 Å². The highest BCUT2D eigenvalue weighted by Crippen LogP contribution is 2.24. The first-order valence-corrected chi connectivity index (χ1v) is 6.25. The van der Waals surface area contributed by atoms with E-state index in [4.69, 9.17) is 9.84 Å². The predicted molar refractivity (Wildman–Crippen MR) is 74.6 cm³/mol. The van der Waals surface area contributed by atoms with E-state index >= 15 is 0 Å². The number of carbonyl (C=O) groups excluding carboxylic acids is 2. The smallest absolute Gasteiger partial charge is 0.414 e. The summed E-state index contributed by atoms with van der Waals surface area (Å²) in [7, 11) is 0. The van der Waals surface area contributed by atoms with Crippen LogP contribution < -0.4 is 10.2 Å². The van der Waals surface area contributed by atoms with Crippen molar-refractivity contribution >= 4 is 23.7 Å². The molecule has 1 heterocycles. The molecule has 0 bridgehead atoms. The van der Waals surface area contributed by atoms with E-state index in [0.717, 1.165) is 0 Å². The monoisotopic (exact) mass is 290 g/mol. The molecular weight excluding hydrogens is 276 g/mol. The summed E-state index contributed by atoms with van der Waals surface area (Å²) in [6.45, 7) is 4.00. The summed E-state index contributed by atoms with van der Waals surface area (Å²) in [6.07, 6.45) is 0.823. The van der Waals surface area contributed by atoms with Crippen molar-refractivity contribution < 1.29 is 24.2 Å². The Morgan fingerprint density at radius 2 is 2.24 bits per heavy atom. The number of ether oxygens (including phenoxy) is 1. The zero-order valence-corrected chi connectivity index (χ0v) is 11.2. The average Bonchev–Trinajstić information content (AvgIpc) is 2.64. The second kappa shape index (κ2) is 6.08. The first kappa shape index (κ1) is 14.6. The molecule has 0 aromatic heterocycles. The van der Waals surface area contributed by atoms with Crippen LogP contribution in [0.5, 0.6) is 0 Å². The largest absolute Gasteiger partial charge is 0.478 e. The fraction of sp³-hybridized carbons (Fsp3) is 0.214. The number of anilines is 1. The number of aromatic carboxylic acids is 1. The average molecular weight is 290 g/mol. The molecule has 110 valence electrons. The van der Waals surface area contributed by atoms with E-state index in [1.807, 2.05) is 0 Å². The van der Waals surface area contributed by atoms with Gasteiger partial charge in [-0.05, 0) is 18.2 Å². The summed E-state index contributed by atoms with van der Waals surface area (Å²) >= 11 is 0. The van der Waals surface area contributed by atoms with Crippen molar-refractivity contribution in [2.24, 2.45) is 0 Å². The molecule has 1 aliphatic heterocycles. The molecule has 1 aliphatic rings. The second-order valence-electron chi connectivity index (χ2n) is 4.31. The van der Waals surface area contributed by atoms with E-state index in [1.165, 1.54) is 29.2 Å². The first-order chi connectivity index (χ1) is 10.0. The van der Waals surface area contributed by atoms with Crippen LogP contribution in [0.25, 0.3) is 0 Å². The van der Waals surface area contributed by atoms with Gasteiger partial charge in [0.15, 0.2) is 0 Å². The third-order valence-electron chi connectivity index (χ3n) is 2.94. The van der Waals surface area contributed by atoms with Crippen LogP contribution in [0, 0.1) is 0 Å². The van der Waals surface area contributed by atoms with Gasteiger partial charge in [-0.25, -0.2) is 9.59 Å². The van der Waals surface area contributed by atoms with Crippen molar-refractivity contribution in [2.75, 3.05) is 24.6 Å². The van der Waals surface area contributed by atoms with Crippen molar-refractivity contribution in [2.45, 2.75) is 0 Å². The normalized spacial score (nSPS) is 13.7. The van der Waals surface area contributed by atoms with Gasteiger partial charge in [0.2, 0.25) is 0 Å². The van der Waals surface area contributed by atoms with Crippen LogP contribution in [-0.2, 0) is 4.74 Å². The number of nitrogens with zero attached hydrogens (tertiary/aromatic N) is 1. The molecule has 0 saturated carbocycles. The molecule has 1 aromatic carbocycles. The van der Waals surface area contributed by atoms with Gasteiger partial charge in [-0.2, -0.15) is 0 Å². The number of hydrogen-bond donors (Lipinski definition) is 2. The van der Waals surface area contributed by atoms with Gasteiger partial charge in [-0.3, -0.25) is 9.69 Å². The molecule has 1 aromatic rings. The molecule has 7 nitrogen and oxygen atoms in total. The Morgan fingerprint density at radius 3 is 2.90 bits per heavy atom. The van der Waals surface area contributed by atoms with Gasteiger partial charge in [-0.15, -0.1) is 0 Å². The predicted octanol–water partition coefficient (Wildman–Crippen LogP) is 1.26. The quantitative estimate of drug-likeness (QED) is 0.817. The number of carboxylic acid groups (broad SMARTS) is 1. The molecule has 2 amide bonds. The van der Waals surface area contributed by atoms with E-state index in [1.54, 1.807) is 0 Å². The summed E-state index contributed by atoms with van der Waals surface area (Å²) in [5, 5.41) is 11.6. The van der Waals surface area contributed by atoms with Gasteiger partial charge in [0.25, 0.3) is 5.91 Å². The number of nitrogens with one attached hydrogen (secondary N) is 1. The Labute approximate surface area is 120 Å². The minimum Gasteiger partial charge on any atom is -0.478 e. The van der Waals surface area contributed by atoms with Gasteiger partial charge < -0.3 is 15.2 Å². The maximum absolute atomic E-state index is 12.0. The zero-order valence-electron chi connectivity index (χ0n) is 11.2. The van der Waals surface area contributed by atoms with Gasteiger partial charge >= 0.3 is 12.1 Å². The molecule has 0 radical (unpaired) electrons. The third-order valence-corrected chi connectivity index (χ3v) is 2.94. The van der Waals surface area contributed by atoms with E-state index in [2.05, 4.69) is 11.9 Å². The lowest BCUT2D eigenvalue weighted by atomic mass is 10.1. The van der Waals surface area contributed by atoms with Crippen molar-refractivity contribution in [3.05, 3.63) is 42.0 Å². The highest BCUT2D eigenvalue weighted by Gasteiger charge is 2.26. The third kappa shape index (κ3) is 3.02. The van der Waals surface area contributed by atoms with Crippen molar-refractivity contribution in [1.29, 1.82) is 0 Å². The lowest BCUT2D eigenvalue weighted by Gasteiger charge is -2.21. The number of rotatable bonds is 3. The zero-order chi connectivity index (χ0) is 15.4. The Morgan fingerprint density at radius 1 is 1.48 bits per heavy atom. The van der Waals surface area contributed by atoms with Gasteiger partial charge in [0.05, 0.1) is 16.8 Å². The number of carboxylic acids is 1. The standard InChI is InChI=1S/C14H14N2O5/c1-2-7-21-14(20)16-6-5-15-12(17)10-8-9(13(18)19)3-4-11(10)16/h2-4,8H,1,5-7H2,(H,15,17)(H,18,19). The van der Waals surface area contributed by atoms with E-state index < -0.39 is 18.0 Å². The Balaban J connectivity index is 2.41. The van der Waals surface area contributed by atoms with E-state index in [0.29, 0.717) is 5.69 Å². The number of fused-ring (bicyclic) bond motifs is 1. The van der Waals surface area contributed by atoms with Crippen LogP contribution >= 0.6 is 0 Å². The maximum atomic E-state index is 12.0. The number of amides is 2. The summed E-state index contributed by atoms with van der Waals surface area (Å²) in [4.78, 5) is 36.2. The van der Waals surface area contributed by atoms with Gasteiger partial charge in [0, 0.05) is 13.1 Å². The van der Waals surface area contributed by atoms with Crippen LogP contribution in [0.15, 0.2) is 30.9 Å². The second-order valence-corrected chi connectivity index (χ2v) is 4.31. The fourth-order valence-electron chi connectivity index (χ4n) is 1.98. The fourth-order valence-corrected chi connectivity index (χ4v) is 1.98. The highest BCUT2D eigenvalue weighted by molar-refractivity contribution is 6.06. The number of benzene rings is 1. The molecule has 2 rings (SSSR count). The summed E-state index contributed by atoms with van der Waals surface area (Å²) in [5.41, 5.74) is 0.428. The number of hydrogen-bond acceptors (Lipinski definition) is 4. The van der Waals surface area contributed by atoms with Gasteiger partial charge in [-0.1, -0.05) is 12.7 Å². The van der Waals surface area contributed by atoms with Crippen molar-refractivity contribution in [1.82, 2.24) is 5.32 Å². The lowest BCUT2D eigenvalue weighted by molar-refractivity contribution is 0.0697. The van der Waals surface area contributed by atoms with E-state index in [-0.39, 0.29) is 30.8 Å². The minimum absolute atomic E-state index is 0.0230. The van der Waals surface area contributed by atoms with Crippen LogP contribution in [-0.4, -0.2) is 42.8 Å². The Hall–Kier alpha value is -2.83. The highest BCUT2D eigenvalue weighted by atomic mass is 16.6. The SMILES string of the molecule is C=CCOC(=O)N1CCNC(=O)c2cc(C(=O)O)ccc21. The molecular formula is C14H14N2O5. The molecule has 0 spiro atoms. The molecule has 0 aliphatic carbocycles. The molecule has 7 heteroatoms. The molecule has 0 unspecified atom stereocenters. The minimum atomic E-state index is -1.14. The lowest BCUT2D eigenvalue weighted by Crippen LogP contribution is -2.35. The van der Waals surface area contributed by atoms with Crippen LogP contribution in [0.4, 0.5) is 10.5 Å². The summed E-state index contributed by atoms with van der Waals surface area (Å²) < 4.78 is 4.97. The molecule has 0 atom stereocenters. The van der Waals surface area contributed by atoms with Crippen LogP contribution in [0.1, 0.15) is 20.7 Å². The van der Waals surface area contributed by atoms with Gasteiger partial charge in [0.1, 0.15) is 6.61 Å². The number of carbonyl (C=O) groups is 3. The van der Waals surface area contributed by atoms with E-state index in [9.17, 15) is 14.4 Å². The Kier molecular flexibility index (Phi) is 4.22. The molecule has 0 fully saturated rings. The summed E-state index contributed by atoms with van der Waals surface area (Å²) in [5.74, 6) is -1.57.